The van der Waals surface area contributed by atoms with Crippen LogP contribution in [-0.2, 0) is 14.9 Å². The number of hydrogen-bond acceptors (Lipinski definition) is 3. The van der Waals surface area contributed by atoms with Crippen LogP contribution in [0.25, 0.3) is 0 Å². The van der Waals surface area contributed by atoms with E-state index in [1.807, 2.05) is 0 Å². The first-order chi connectivity index (χ1) is 15.0. The lowest BCUT2D eigenvalue weighted by Gasteiger charge is -2.61. The van der Waals surface area contributed by atoms with E-state index < -0.39 is 15.9 Å². The molecule has 2 N–H and O–H groups in total. The Morgan fingerprint density at radius 1 is 1.00 bits per heavy atom. The molecule has 184 valence electrons. The number of hydrogen-bond donors (Lipinski definition) is 2. The Hall–Kier alpha value is -0.620. The van der Waals surface area contributed by atoms with Gasteiger partial charge in [-0.15, -0.1) is 0 Å². The Bertz CT molecular complexity index is 798. The molecule has 4 fully saturated rings. The van der Waals surface area contributed by atoms with Gasteiger partial charge in [-0.3, -0.25) is 9.35 Å². The van der Waals surface area contributed by atoms with Crippen LogP contribution in [0, 0.1) is 46.3 Å². The van der Waals surface area contributed by atoms with Crippen molar-refractivity contribution in [2.24, 2.45) is 46.3 Å². The smallest absolute Gasteiger partial charge is 0.266 e. The Labute approximate surface area is 195 Å². The van der Waals surface area contributed by atoms with Gasteiger partial charge in [0.1, 0.15) is 0 Å². The summed E-state index contributed by atoms with van der Waals surface area (Å²) in [6.07, 6.45) is 15.4. The normalized spacial score (nSPS) is 42.4. The van der Waals surface area contributed by atoms with E-state index in [1.54, 1.807) is 0 Å². The lowest BCUT2D eigenvalue weighted by molar-refractivity contribution is -0.122. The minimum atomic E-state index is -4.02. The molecule has 0 aromatic heterocycles. The lowest BCUT2D eigenvalue weighted by Crippen LogP contribution is -2.53. The number of fused-ring (bicyclic) bond motifs is 5. The summed E-state index contributed by atoms with van der Waals surface area (Å²) in [4.78, 5) is 12.2. The second kappa shape index (κ2) is 9.20. The van der Waals surface area contributed by atoms with Crippen molar-refractivity contribution in [1.82, 2.24) is 5.32 Å². The van der Waals surface area contributed by atoms with Crippen molar-refractivity contribution in [1.29, 1.82) is 0 Å². The molecule has 6 heteroatoms. The Morgan fingerprint density at radius 3 is 2.50 bits per heavy atom. The highest BCUT2D eigenvalue weighted by Crippen LogP contribution is 2.68. The SMILES string of the molecule is C[C@H](CCC(=O)NCCS(=O)(=O)O)[C@H]1CC[C@H]2[C@@H]3CC[C@@H]4CCCC[C@]4(C)[C@H]3CC[C@]12C. The van der Waals surface area contributed by atoms with Gasteiger partial charge in [-0.25, -0.2) is 0 Å². The third-order valence-corrected chi connectivity index (χ3v) is 11.6. The summed E-state index contributed by atoms with van der Waals surface area (Å²) in [5.41, 5.74) is 1.01. The molecule has 32 heavy (non-hydrogen) atoms. The van der Waals surface area contributed by atoms with E-state index in [4.69, 9.17) is 4.55 Å². The molecule has 0 saturated heterocycles. The van der Waals surface area contributed by atoms with E-state index in [9.17, 15) is 13.2 Å². The van der Waals surface area contributed by atoms with Crippen LogP contribution in [0.5, 0.6) is 0 Å². The number of nitrogens with one attached hydrogen (secondary N) is 1. The molecule has 8 atom stereocenters. The predicted octanol–water partition coefficient (Wildman–Crippen LogP) is 5.46. The molecule has 0 heterocycles. The maximum Gasteiger partial charge on any atom is 0.266 e. The van der Waals surface area contributed by atoms with Gasteiger partial charge in [-0.1, -0.05) is 33.6 Å². The van der Waals surface area contributed by atoms with Crippen LogP contribution >= 0.6 is 0 Å². The fourth-order valence-electron chi connectivity index (χ4n) is 9.24. The molecule has 5 nitrogen and oxygen atoms in total. The summed E-state index contributed by atoms with van der Waals surface area (Å²) in [5, 5.41) is 2.64. The molecule has 0 aliphatic heterocycles. The van der Waals surface area contributed by atoms with E-state index in [1.165, 1.54) is 64.2 Å². The number of carbonyl (C=O) groups is 1. The zero-order chi connectivity index (χ0) is 23.1. The van der Waals surface area contributed by atoms with Gasteiger partial charge in [0.05, 0.1) is 5.75 Å². The van der Waals surface area contributed by atoms with E-state index in [2.05, 4.69) is 26.1 Å². The second-order valence-corrected chi connectivity index (χ2v) is 13.9. The van der Waals surface area contributed by atoms with Gasteiger partial charge < -0.3 is 5.32 Å². The zero-order valence-electron chi connectivity index (χ0n) is 20.4. The minimum Gasteiger partial charge on any atom is -0.355 e. The molecule has 0 aromatic carbocycles. The fraction of sp³-hybridized carbons (Fsp3) is 0.962. The van der Waals surface area contributed by atoms with Gasteiger partial charge in [0, 0.05) is 13.0 Å². The van der Waals surface area contributed by atoms with Crippen LogP contribution in [-0.4, -0.2) is 31.2 Å². The Balaban J connectivity index is 1.35. The molecular weight excluding hydrogens is 422 g/mol. The fourth-order valence-corrected chi connectivity index (χ4v) is 9.60. The first-order valence-electron chi connectivity index (χ1n) is 13.3. The van der Waals surface area contributed by atoms with Crippen LogP contribution in [0.1, 0.15) is 97.8 Å². The van der Waals surface area contributed by atoms with Gasteiger partial charge in [-0.05, 0) is 104 Å². The average molecular weight is 468 g/mol. The zero-order valence-corrected chi connectivity index (χ0v) is 21.3. The van der Waals surface area contributed by atoms with Gasteiger partial charge in [0.15, 0.2) is 0 Å². The van der Waals surface area contributed by atoms with Crippen LogP contribution in [0.2, 0.25) is 0 Å². The molecular formula is C26H45NO4S. The van der Waals surface area contributed by atoms with Crippen molar-refractivity contribution in [2.45, 2.75) is 97.8 Å². The number of rotatable bonds is 7. The molecule has 0 unspecified atom stereocenters. The highest BCUT2D eigenvalue weighted by molar-refractivity contribution is 7.85. The highest BCUT2D eigenvalue weighted by atomic mass is 32.2. The summed E-state index contributed by atoms with van der Waals surface area (Å²) in [5.74, 6) is 4.35. The molecule has 4 aliphatic carbocycles. The number of carbonyl (C=O) groups excluding carboxylic acids is 1. The van der Waals surface area contributed by atoms with E-state index >= 15 is 0 Å². The van der Waals surface area contributed by atoms with Gasteiger partial charge >= 0.3 is 0 Å². The first-order valence-corrected chi connectivity index (χ1v) is 14.9. The maximum atomic E-state index is 12.2. The number of amides is 1. The quantitative estimate of drug-likeness (QED) is 0.487. The van der Waals surface area contributed by atoms with Crippen LogP contribution in [0.4, 0.5) is 0 Å². The molecule has 0 radical (unpaired) electrons. The molecule has 4 saturated carbocycles. The third-order valence-electron chi connectivity index (χ3n) is 10.9. The van der Waals surface area contributed by atoms with Gasteiger partial charge in [0.2, 0.25) is 5.91 Å². The summed E-state index contributed by atoms with van der Waals surface area (Å²) in [6, 6.07) is 0. The minimum absolute atomic E-state index is 0.0158. The van der Waals surface area contributed by atoms with Crippen molar-refractivity contribution >= 4 is 16.0 Å². The largest absolute Gasteiger partial charge is 0.355 e. The van der Waals surface area contributed by atoms with Gasteiger partial charge in [-0.2, -0.15) is 8.42 Å². The molecule has 4 rings (SSSR count). The van der Waals surface area contributed by atoms with Crippen molar-refractivity contribution < 1.29 is 17.8 Å². The van der Waals surface area contributed by atoms with E-state index in [0.29, 0.717) is 29.1 Å². The molecule has 0 aromatic rings. The van der Waals surface area contributed by atoms with Crippen LogP contribution < -0.4 is 5.32 Å². The molecule has 1 amide bonds. The van der Waals surface area contributed by atoms with E-state index in [0.717, 1.165) is 30.1 Å². The maximum absolute atomic E-state index is 12.2. The van der Waals surface area contributed by atoms with E-state index in [-0.39, 0.29) is 12.5 Å². The average Bonchev–Trinajstić information content (AvgIpc) is 3.08. The third kappa shape index (κ3) is 4.64. The summed E-state index contributed by atoms with van der Waals surface area (Å²) in [6.45, 7) is 7.53. The van der Waals surface area contributed by atoms with Crippen LogP contribution in [0.15, 0.2) is 0 Å². The monoisotopic (exact) mass is 467 g/mol. The highest BCUT2D eigenvalue weighted by Gasteiger charge is 2.60. The van der Waals surface area contributed by atoms with Crippen molar-refractivity contribution in [2.75, 3.05) is 12.3 Å². The van der Waals surface area contributed by atoms with Crippen molar-refractivity contribution in [3.05, 3.63) is 0 Å². The van der Waals surface area contributed by atoms with Crippen molar-refractivity contribution in [3.63, 3.8) is 0 Å². The standard InChI is InChI=1S/C26H45NO4S/c1-18(7-12-24(28)27-16-17-32(29,30)31)21-10-11-22-20-9-8-19-6-4-5-14-25(19,2)23(20)13-15-26(21,22)3/h18-23H,4-17H2,1-3H3,(H,27,28)(H,29,30,31)/t18-,19+,20+,21-,22+,23+,25+,26-/m1/s1. The predicted molar refractivity (Wildman–Crippen MR) is 128 cm³/mol. The van der Waals surface area contributed by atoms with Crippen LogP contribution in [0.3, 0.4) is 0 Å². The van der Waals surface area contributed by atoms with Gasteiger partial charge in [0.25, 0.3) is 10.1 Å². The molecule has 0 spiro atoms. The molecule has 0 bridgehead atoms. The second-order valence-electron chi connectivity index (χ2n) is 12.3. The van der Waals surface area contributed by atoms with Crippen molar-refractivity contribution in [3.8, 4) is 0 Å². The summed E-state index contributed by atoms with van der Waals surface area (Å²) >= 11 is 0. The lowest BCUT2D eigenvalue weighted by atomic mass is 9.44. The Morgan fingerprint density at radius 2 is 1.75 bits per heavy atom. The Kier molecular flexibility index (Phi) is 7.05. The summed E-state index contributed by atoms with van der Waals surface area (Å²) in [7, 11) is -4.02. The topological polar surface area (TPSA) is 83.5 Å². The molecule has 4 aliphatic rings. The summed E-state index contributed by atoms with van der Waals surface area (Å²) < 4.78 is 30.5. The first kappa shape index (κ1) is 24.5.